The normalized spacial score (nSPS) is 28.1. The van der Waals surface area contributed by atoms with Crippen molar-refractivity contribution in [2.24, 2.45) is 11.8 Å². The summed E-state index contributed by atoms with van der Waals surface area (Å²) in [5.74, 6) is 1.37. The van der Waals surface area contributed by atoms with E-state index in [2.05, 4.69) is 52.7 Å². The molecule has 2 aliphatic rings. The summed E-state index contributed by atoms with van der Waals surface area (Å²) >= 11 is 1.90. The third-order valence-electron chi connectivity index (χ3n) is 5.98. The molecule has 1 aliphatic heterocycles. The van der Waals surface area contributed by atoms with Crippen LogP contribution in [-0.2, 0) is 16.1 Å². The fourth-order valence-electron chi connectivity index (χ4n) is 4.75. The summed E-state index contributed by atoms with van der Waals surface area (Å²) < 4.78 is 5.69. The maximum Gasteiger partial charge on any atom is 0.217 e. The summed E-state index contributed by atoms with van der Waals surface area (Å²) in [5.41, 5.74) is 1.30. The van der Waals surface area contributed by atoms with E-state index >= 15 is 0 Å². The smallest absolute Gasteiger partial charge is 0.217 e. The predicted molar refractivity (Wildman–Crippen MR) is 110 cm³/mol. The third kappa shape index (κ3) is 4.26. The molecular formula is C22H28N2O2S. The van der Waals surface area contributed by atoms with Gasteiger partial charge < -0.3 is 10.1 Å². The highest BCUT2D eigenvalue weighted by Crippen LogP contribution is 2.38. The molecule has 1 aliphatic carbocycles. The lowest BCUT2D eigenvalue weighted by Gasteiger charge is -2.37. The van der Waals surface area contributed by atoms with E-state index in [0.29, 0.717) is 11.8 Å². The van der Waals surface area contributed by atoms with Crippen molar-refractivity contribution in [3.05, 3.63) is 47.3 Å². The van der Waals surface area contributed by atoms with Gasteiger partial charge >= 0.3 is 0 Å². The fraction of sp³-hybridized carbons (Fsp3) is 0.500. The number of ether oxygens (including phenoxy) is 1. The van der Waals surface area contributed by atoms with E-state index in [1.807, 2.05) is 11.3 Å². The Bertz CT molecular complexity index is 776. The molecule has 0 bridgehead atoms. The van der Waals surface area contributed by atoms with Crippen LogP contribution < -0.4 is 5.32 Å². The van der Waals surface area contributed by atoms with Crippen LogP contribution in [0.2, 0.25) is 0 Å². The monoisotopic (exact) mass is 384 g/mol. The molecule has 0 spiro atoms. The summed E-state index contributed by atoms with van der Waals surface area (Å²) in [6.45, 7) is 4.87. The Morgan fingerprint density at radius 2 is 1.89 bits per heavy atom. The Hall–Kier alpha value is -1.69. The van der Waals surface area contributed by atoms with Crippen LogP contribution in [0.3, 0.4) is 0 Å². The molecule has 5 heteroatoms. The number of nitrogens with zero attached hydrogens (tertiary/aromatic N) is 1. The van der Waals surface area contributed by atoms with Crippen molar-refractivity contribution in [3.8, 4) is 10.4 Å². The van der Waals surface area contributed by atoms with E-state index in [4.69, 9.17) is 4.74 Å². The van der Waals surface area contributed by atoms with Crippen LogP contribution in [-0.4, -0.2) is 43.2 Å². The van der Waals surface area contributed by atoms with Crippen molar-refractivity contribution in [2.75, 3.05) is 20.2 Å². The molecule has 0 radical (unpaired) electrons. The highest BCUT2D eigenvalue weighted by Gasteiger charge is 2.42. The van der Waals surface area contributed by atoms with E-state index in [1.165, 1.54) is 15.3 Å². The Morgan fingerprint density at radius 3 is 2.59 bits per heavy atom. The second-order valence-electron chi connectivity index (χ2n) is 7.90. The van der Waals surface area contributed by atoms with Crippen molar-refractivity contribution >= 4 is 17.2 Å². The van der Waals surface area contributed by atoms with Crippen molar-refractivity contribution in [3.63, 3.8) is 0 Å². The summed E-state index contributed by atoms with van der Waals surface area (Å²) in [6.07, 6.45) is 2.21. The van der Waals surface area contributed by atoms with E-state index in [0.717, 1.165) is 32.5 Å². The summed E-state index contributed by atoms with van der Waals surface area (Å²) in [4.78, 5) is 16.9. The molecular weight excluding hydrogens is 356 g/mol. The van der Waals surface area contributed by atoms with Gasteiger partial charge in [0.2, 0.25) is 5.91 Å². The number of fused-ring (bicyclic) bond motifs is 1. The lowest BCUT2D eigenvalue weighted by atomic mass is 9.77. The van der Waals surface area contributed by atoms with E-state index in [9.17, 15) is 4.79 Å². The molecule has 2 fully saturated rings. The molecule has 2 heterocycles. The van der Waals surface area contributed by atoms with Gasteiger partial charge in [0.05, 0.1) is 12.1 Å². The molecule has 1 N–H and O–H groups in total. The van der Waals surface area contributed by atoms with Crippen LogP contribution >= 0.6 is 11.3 Å². The molecule has 2 aromatic rings. The Kier molecular flexibility index (Phi) is 5.62. The van der Waals surface area contributed by atoms with Gasteiger partial charge in [-0.15, -0.1) is 11.3 Å². The largest absolute Gasteiger partial charge is 0.379 e. The van der Waals surface area contributed by atoms with E-state index < -0.39 is 0 Å². The second kappa shape index (κ2) is 8.13. The van der Waals surface area contributed by atoms with Gasteiger partial charge in [0.1, 0.15) is 0 Å². The van der Waals surface area contributed by atoms with Gasteiger partial charge in [0.15, 0.2) is 0 Å². The first-order chi connectivity index (χ1) is 13.1. The lowest BCUT2D eigenvalue weighted by Crippen LogP contribution is -2.49. The summed E-state index contributed by atoms with van der Waals surface area (Å²) in [5, 5.41) is 3.10. The van der Waals surface area contributed by atoms with E-state index in [1.54, 1.807) is 14.0 Å². The van der Waals surface area contributed by atoms with Crippen molar-refractivity contribution in [1.29, 1.82) is 0 Å². The van der Waals surface area contributed by atoms with Gasteiger partial charge in [-0.25, -0.2) is 0 Å². The van der Waals surface area contributed by atoms with Gasteiger partial charge in [-0.3, -0.25) is 9.69 Å². The molecule has 4 nitrogen and oxygen atoms in total. The number of nitrogens with one attached hydrogen (secondary N) is 1. The molecule has 144 valence electrons. The number of carbonyl (C=O) groups excluding carboxylic acids is 1. The SMILES string of the molecule is CO[C@@H]1C[C@H]2CN(Cc3ccc(-c4ccccc4)s3)C[C@H]2C[C@H]1NC(C)=O. The Labute approximate surface area is 165 Å². The zero-order chi connectivity index (χ0) is 18.8. The van der Waals surface area contributed by atoms with Crippen LogP contribution in [0.1, 0.15) is 24.6 Å². The topological polar surface area (TPSA) is 41.6 Å². The highest BCUT2D eigenvalue weighted by molar-refractivity contribution is 7.15. The predicted octanol–water partition coefficient (Wildman–Crippen LogP) is 3.78. The van der Waals surface area contributed by atoms with Crippen LogP contribution in [0.4, 0.5) is 0 Å². The molecule has 27 heavy (non-hydrogen) atoms. The van der Waals surface area contributed by atoms with Crippen molar-refractivity contribution in [2.45, 2.75) is 38.5 Å². The van der Waals surface area contributed by atoms with Crippen LogP contribution in [0, 0.1) is 11.8 Å². The minimum absolute atomic E-state index is 0.0439. The van der Waals surface area contributed by atoms with Gasteiger partial charge in [0, 0.05) is 43.4 Å². The molecule has 1 aromatic carbocycles. The second-order valence-corrected chi connectivity index (χ2v) is 9.07. The van der Waals surface area contributed by atoms with Crippen molar-refractivity contribution < 1.29 is 9.53 Å². The maximum atomic E-state index is 11.5. The number of rotatable bonds is 5. The number of hydrogen-bond donors (Lipinski definition) is 1. The average Bonchev–Trinajstić information content (AvgIpc) is 3.27. The number of benzene rings is 1. The molecule has 4 rings (SSSR count). The Morgan fingerprint density at radius 1 is 1.15 bits per heavy atom. The molecule has 1 saturated heterocycles. The van der Waals surface area contributed by atoms with Crippen LogP contribution in [0.5, 0.6) is 0 Å². The zero-order valence-electron chi connectivity index (χ0n) is 16.1. The van der Waals surface area contributed by atoms with Gasteiger partial charge in [-0.1, -0.05) is 30.3 Å². The summed E-state index contributed by atoms with van der Waals surface area (Å²) in [6, 6.07) is 15.3. The van der Waals surface area contributed by atoms with E-state index in [-0.39, 0.29) is 18.1 Å². The third-order valence-corrected chi connectivity index (χ3v) is 7.10. The highest BCUT2D eigenvalue weighted by atomic mass is 32.1. The molecule has 1 aromatic heterocycles. The number of likely N-dealkylation sites (tertiary alicyclic amines) is 1. The first-order valence-electron chi connectivity index (χ1n) is 9.78. The molecule has 0 unspecified atom stereocenters. The lowest BCUT2D eigenvalue weighted by molar-refractivity contribution is -0.121. The van der Waals surface area contributed by atoms with Gasteiger partial charge in [0.25, 0.3) is 0 Å². The number of carbonyl (C=O) groups is 1. The average molecular weight is 385 g/mol. The first kappa shape index (κ1) is 18.7. The van der Waals surface area contributed by atoms with Crippen molar-refractivity contribution in [1.82, 2.24) is 10.2 Å². The minimum Gasteiger partial charge on any atom is -0.379 e. The standard InChI is InChI=1S/C22H28N2O2S/c1-15(25)23-20-10-17-12-24(13-18(17)11-21(20)26-2)14-19-8-9-22(27-19)16-6-4-3-5-7-16/h3-9,17-18,20-21H,10-14H2,1-2H3,(H,23,25)/t17-,18+,20-,21-/m1/s1. The number of methoxy groups -OCH3 is 1. The van der Waals surface area contributed by atoms with Gasteiger partial charge in [-0.2, -0.15) is 0 Å². The van der Waals surface area contributed by atoms with Gasteiger partial charge in [-0.05, 0) is 42.4 Å². The number of amides is 1. The fourth-order valence-corrected chi connectivity index (χ4v) is 5.81. The summed E-state index contributed by atoms with van der Waals surface area (Å²) in [7, 11) is 1.77. The molecule has 4 atom stereocenters. The minimum atomic E-state index is 0.0439. The van der Waals surface area contributed by atoms with Crippen LogP contribution in [0.15, 0.2) is 42.5 Å². The number of hydrogen-bond acceptors (Lipinski definition) is 4. The first-order valence-corrected chi connectivity index (χ1v) is 10.6. The molecule has 1 saturated carbocycles. The molecule has 1 amide bonds. The number of thiophene rings is 1. The van der Waals surface area contributed by atoms with Crippen LogP contribution in [0.25, 0.3) is 10.4 Å². The quantitative estimate of drug-likeness (QED) is 0.853. The Balaban J connectivity index is 1.39. The zero-order valence-corrected chi connectivity index (χ0v) is 16.9. The maximum absolute atomic E-state index is 11.5.